The Bertz CT molecular complexity index is 924. The molecule has 0 fully saturated rings. The number of furan rings is 1. The van der Waals surface area contributed by atoms with Crippen molar-refractivity contribution in [2.24, 2.45) is 0 Å². The molecule has 0 spiro atoms. The van der Waals surface area contributed by atoms with Crippen molar-refractivity contribution in [3.63, 3.8) is 0 Å². The zero-order valence-corrected chi connectivity index (χ0v) is 14.1. The molecule has 3 heterocycles. The van der Waals surface area contributed by atoms with Gasteiger partial charge in [0.2, 0.25) is 0 Å². The van der Waals surface area contributed by atoms with Gasteiger partial charge in [-0.1, -0.05) is 0 Å². The van der Waals surface area contributed by atoms with E-state index < -0.39 is 0 Å². The Morgan fingerprint density at radius 1 is 1.24 bits per heavy atom. The second-order valence-corrected chi connectivity index (χ2v) is 5.50. The number of carbonyl (C=O) groups is 1. The molecule has 0 unspecified atom stereocenters. The maximum absolute atomic E-state index is 12.1. The fourth-order valence-corrected chi connectivity index (χ4v) is 2.47. The highest BCUT2D eigenvalue weighted by atomic mass is 16.3. The van der Waals surface area contributed by atoms with Gasteiger partial charge in [0.1, 0.15) is 11.4 Å². The summed E-state index contributed by atoms with van der Waals surface area (Å²) in [7, 11) is 0. The zero-order valence-electron chi connectivity index (χ0n) is 14.1. The molecule has 0 bridgehead atoms. The molecular weight excluding hydrogens is 322 g/mol. The van der Waals surface area contributed by atoms with Gasteiger partial charge in [-0.05, 0) is 38.1 Å². The topological polar surface area (TPSA) is 95.0 Å². The highest BCUT2D eigenvalue weighted by Crippen LogP contribution is 2.14. The summed E-state index contributed by atoms with van der Waals surface area (Å²) < 4.78 is 8.34. The normalized spacial score (nSPS) is 10.8. The van der Waals surface area contributed by atoms with E-state index in [-0.39, 0.29) is 24.6 Å². The van der Waals surface area contributed by atoms with Gasteiger partial charge in [0.25, 0.3) is 11.5 Å². The lowest BCUT2D eigenvalue weighted by atomic mass is 10.3. The van der Waals surface area contributed by atoms with Gasteiger partial charge in [-0.15, -0.1) is 0 Å². The van der Waals surface area contributed by atoms with Crippen molar-refractivity contribution < 1.29 is 9.21 Å². The zero-order chi connectivity index (χ0) is 17.8. The Balaban J connectivity index is 1.64. The van der Waals surface area contributed by atoms with E-state index in [1.165, 1.54) is 10.7 Å². The molecule has 3 aromatic heterocycles. The molecule has 25 heavy (non-hydrogen) atoms. The Kier molecular flexibility index (Phi) is 4.78. The van der Waals surface area contributed by atoms with Crippen molar-refractivity contribution in [3.05, 3.63) is 58.3 Å². The van der Waals surface area contributed by atoms with E-state index >= 15 is 0 Å². The van der Waals surface area contributed by atoms with Crippen molar-refractivity contribution in [3.8, 4) is 11.5 Å². The highest BCUT2D eigenvalue weighted by molar-refractivity contribution is 5.92. The number of aromatic nitrogens is 4. The van der Waals surface area contributed by atoms with E-state index in [1.54, 1.807) is 35.2 Å². The van der Waals surface area contributed by atoms with Gasteiger partial charge < -0.3 is 9.73 Å². The lowest BCUT2D eigenvalue weighted by Gasteiger charge is -2.07. The molecule has 1 N–H and O–H groups in total. The number of rotatable bonds is 6. The van der Waals surface area contributed by atoms with Crippen LogP contribution in [-0.2, 0) is 13.1 Å². The minimum absolute atomic E-state index is 0.240. The Hall–Kier alpha value is -3.16. The molecular formula is C17H19N5O3. The first-order chi connectivity index (χ1) is 12.1. The van der Waals surface area contributed by atoms with Crippen LogP contribution in [0, 0.1) is 6.92 Å². The minimum atomic E-state index is -0.273. The summed E-state index contributed by atoms with van der Waals surface area (Å²) >= 11 is 0. The third kappa shape index (κ3) is 3.68. The number of hydrogen-bond donors (Lipinski definition) is 1. The molecule has 0 aliphatic rings. The third-order valence-electron chi connectivity index (χ3n) is 3.76. The van der Waals surface area contributed by atoms with Crippen LogP contribution in [0.5, 0.6) is 0 Å². The molecule has 0 aromatic carbocycles. The Morgan fingerprint density at radius 3 is 2.76 bits per heavy atom. The molecule has 0 aliphatic carbocycles. The van der Waals surface area contributed by atoms with Crippen LogP contribution >= 0.6 is 0 Å². The van der Waals surface area contributed by atoms with Gasteiger partial charge in [0.15, 0.2) is 5.76 Å². The van der Waals surface area contributed by atoms with E-state index in [0.29, 0.717) is 23.7 Å². The maximum atomic E-state index is 12.1. The van der Waals surface area contributed by atoms with Crippen LogP contribution in [0.1, 0.15) is 23.1 Å². The van der Waals surface area contributed by atoms with Gasteiger partial charge in [-0.3, -0.25) is 14.3 Å². The number of hydrogen-bond acceptors (Lipinski definition) is 5. The summed E-state index contributed by atoms with van der Waals surface area (Å²) in [6.07, 6.45) is 1.55. The predicted octanol–water partition coefficient (Wildman–Crippen LogP) is 1.46. The first-order valence-corrected chi connectivity index (χ1v) is 8.03. The molecule has 1 amide bonds. The van der Waals surface area contributed by atoms with Crippen molar-refractivity contribution >= 4 is 5.91 Å². The van der Waals surface area contributed by atoms with Crippen LogP contribution in [0.3, 0.4) is 0 Å². The van der Waals surface area contributed by atoms with Gasteiger partial charge in [0, 0.05) is 24.8 Å². The third-order valence-corrected chi connectivity index (χ3v) is 3.76. The smallest absolute Gasteiger partial charge is 0.271 e. The van der Waals surface area contributed by atoms with Crippen LogP contribution < -0.4 is 10.9 Å². The SMILES string of the molecule is CCn1nc(C(=O)NCCn2nc(-c3ccco3)ccc2=O)cc1C. The lowest BCUT2D eigenvalue weighted by Crippen LogP contribution is -2.32. The van der Waals surface area contributed by atoms with Crippen LogP contribution in [0.15, 0.2) is 45.8 Å². The molecule has 8 heteroatoms. The van der Waals surface area contributed by atoms with E-state index in [9.17, 15) is 9.59 Å². The summed E-state index contributed by atoms with van der Waals surface area (Å²) in [6.45, 7) is 5.10. The monoisotopic (exact) mass is 341 g/mol. The van der Waals surface area contributed by atoms with E-state index in [1.807, 2.05) is 13.8 Å². The number of nitrogens with zero attached hydrogens (tertiary/aromatic N) is 4. The second kappa shape index (κ2) is 7.16. The second-order valence-electron chi connectivity index (χ2n) is 5.50. The first-order valence-electron chi connectivity index (χ1n) is 8.03. The van der Waals surface area contributed by atoms with E-state index in [4.69, 9.17) is 4.42 Å². The molecule has 0 atom stereocenters. The average molecular weight is 341 g/mol. The van der Waals surface area contributed by atoms with Gasteiger partial charge in [-0.25, -0.2) is 4.68 Å². The lowest BCUT2D eigenvalue weighted by molar-refractivity contribution is 0.0946. The quantitative estimate of drug-likeness (QED) is 0.732. The van der Waals surface area contributed by atoms with Crippen molar-refractivity contribution in [2.45, 2.75) is 26.9 Å². The van der Waals surface area contributed by atoms with E-state index in [2.05, 4.69) is 15.5 Å². The molecule has 0 saturated carbocycles. The van der Waals surface area contributed by atoms with Crippen molar-refractivity contribution in [1.29, 1.82) is 0 Å². The molecule has 130 valence electrons. The maximum Gasteiger partial charge on any atom is 0.271 e. The standard InChI is InChI=1S/C17H19N5O3/c1-3-21-12(2)11-14(20-21)17(24)18-8-9-22-16(23)7-6-13(19-22)15-5-4-10-25-15/h4-7,10-11H,3,8-9H2,1-2H3,(H,18,24). The molecule has 3 aromatic rings. The van der Waals surface area contributed by atoms with Crippen molar-refractivity contribution in [1.82, 2.24) is 24.9 Å². The average Bonchev–Trinajstić information content (AvgIpc) is 3.26. The molecule has 0 radical (unpaired) electrons. The molecule has 8 nitrogen and oxygen atoms in total. The summed E-state index contributed by atoms with van der Waals surface area (Å²) in [5.41, 5.74) is 1.62. The minimum Gasteiger partial charge on any atom is -0.463 e. The van der Waals surface area contributed by atoms with Gasteiger partial charge in [-0.2, -0.15) is 10.2 Å². The summed E-state index contributed by atoms with van der Waals surface area (Å²) in [5, 5.41) is 11.2. The van der Waals surface area contributed by atoms with Gasteiger partial charge >= 0.3 is 0 Å². The number of nitrogens with one attached hydrogen (secondary N) is 1. The summed E-state index contributed by atoms with van der Waals surface area (Å²) in [4.78, 5) is 24.1. The van der Waals surface area contributed by atoms with Crippen molar-refractivity contribution in [2.75, 3.05) is 6.54 Å². The predicted molar refractivity (Wildman–Crippen MR) is 91.2 cm³/mol. The number of aryl methyl sites for hydroxylation is 2. The van der Waals surface area contributed by atoms with Gasteiger partial charge in [0.05, 0.1) is 12.8 Å². The number of carbonyl (C=O) groups excluding carboxylic acids is 1. The molecule has 0 saturated heterocycles. The summed E-state index contributed by atoms with van der Waals surface area (Å²) in [6, 6.07) is 8.30. The highest BCUT2D eigenvalue weighted by Gasteiger charge is 2.11. The van der Waals surface area contributed by atoms with E-state index in [0.717, 1.165) is 5.69 Å². The fourth-order valence-electron chi connectivity index (χ4n) is 2.47. The Labute approximate surface area is 144 Å². The van der Waals surface area contributed by atoms with Crippen LogP contribution in [0.2, 0.25) is 0 Å². The van der Waals surface area contributed by atoms with Crippen LogP contribution in [0.25, 0.3) is 11.5 Å². The van der Waals surface area contributed by atoms with Crippen LogP contribution in [0.4, 0.5) is 0 Å². The largest absolute Gasteiger partial charge is 0.463 e. The fraction of sp³-hybridized carbons (Fsp3) is 0.294. The number of amides is 1. The Morgan fingerprint density at radius 2 is 2.08 bits per heavy atom. The molecule has 3 rings (SSSR count). The first kappa shape index (κ1) is 16.7. The molecule has 0 aliphatic heterocycles. The van der Waals surface area contributed by atoms with Crippen LogP contribution in [-0.4, -0.2) is 32.0 Å². The summed E-state index contributed by atoms with van der Waals surface area (Å²) in [5.74, 6) is 0.309.